The number of rotatable bonds is 5. The summed E-state index contributed by atoms with van der Waals surface area (Å²) < 4.78 is 11.2. The van der Waals surface area contributed by atoms with Gasteiger partial charge in [0.25, 0.3) is 0 Å². The van der Waals surface area contributed by atoms with E-state index in [4.69, 9.17) is 9.47 Å². The summed E-state index contributed by atoms with van der Waals surface area (Å²) in [6.45, 7) is 1.40. The van der Waals surface area contributed by atoms with E-state index in [2.05, 4.69) is 10.6 Å². The number of amides is 3. The molecular formula is C26H25N3O4. The third kappa shape index (κ3) is 4.62. The molecule has 0 saturated carbocycles. The van der Waals surface area contributed by atoms with Crippen LogP contribution in [-0.4, -0.2) is 37.7 Å². The molecule has 168 valence electrons. The van der Waals surface area contributed by atoms with Crippen LogP contribution in [0.4, 0.5) is 10.5 Å². The quantitative estimate of drug-likeness (QED) is 0.631. The minimum Gasteiger partial charge on any atom is -0.486 e. The maximum absolute atomic E-state index is 12.9. The van der Waals surface area contributed by atoms with Gasteiger partial charge in [-0.15, -0.1) is 0 Å². The first kappa shape index (κ1) is 20.9. The van der Waals surface area contributed by atoms with Crippen molar-refractivity contribution in [3.63, 3.8) is 0 Å². The van der Waals surface area contributed by atoms with Crippen molar-refractivity contribution < 1.29 is 19.1 Å². The summed E-state index contributed by atoms with van der Waals surface area (Å²) >= 11 is 0. The number of hydrogen-bond acceptors (Lipinski definition) is 4. The lowest BCUT2D eigenvalue weighted by Crippen LogP contribution is -2.44. The van der Waals surface area contributed by atoms with Gasteiger partial charge in [-0.25, -0.2) is 4.79 Å². The van der Waals surface area contributed by atoms with E-state index in [0.717, 1.165) is 16.8 Å². The third-order valence-corrected chi connectivity index (χ3v) is 5.84. The number of fused-ring (bicyclic) bond motifs is 1. The van der Waals surface area contributed by atoms with Crippen LogP contribution in [0.3, 0.4) is 0 Å². The lowest BCUT2D eigenvalue weighted by Gasteiger charge is -2.23. The molecule has 3 aromatic carbocycles. The van der Waals surface area contributed by atoms with E-state index in [9.17, 15) is 9.59 Å². The fraction of sp³-hybridized carbons (Fsp3) is 0.231. The molecule has 2 aliphatic rings. The smallest absolute Gasteiger partial charge is 0.315 e. The van der Waals surface area contributed by atoms with Gasteiger partial charge in [-0.05, 0) is 23.3 Å². The highest BCUT2D eigenvalue weighted by Gasteiger charge is 2.32. The van der Waals surface area contributed by atoms with Crippen molar-refractivity contribution in [1.29, 1.82) is 0 Å². The molecule has 0 aliphatic carbocycles. The third-order valence-electron chi connectivity index (χ3n) is 5.84. The minimum atomic E-state index is -0.311. The Morgan fingerprint density at radius 3 is 2.18 bits per heavy atom. The highest BCUT2D eigenvalue weighted by Crippen LogP contribution is 2.35. The van der Waals surface area contributed by atoms with Crippen LogP contribution >= 0.6 is 0 Å². The van der Waals surface area contributed by atoms with Gasteiger partial charge >= 0.3 is 6.03 Å². The number of benzene rings is 3. The molecule has 3 amide bonds. The molecule has 2 N–H and O–H groups in total. The predicted molar refractivity (Wildman–Crippen MR) is 125 cm³/mol. The maximum Gasteiger partial charge on any atom is 0.315 e. The Hall–Kier alpha value is -4.00. The van der Waals surface area contributed by atoms with Gasteiger partial charge in [-0.3, -0.25) is 4.79 Å². The standard InChI is InChI=1S/C26H25N3O4/c30-24-15-20(17-29(24)21-11-12-22-23(16-21)33-14-13-32-22)27-26(31)28-25(18-7-3-1-4-8-18)19-9-5-2-6-10-19/h1-12,16,20,25H,13-15,17H2,(H2,27,28,31)/t20-/m1/s1. The first-order valence-electron chi connectivity index (χ1n) is 11.0. The Labute approximate surface area is 192 Å². The molecular weight excluding hydrogens is 418 g/mol. The molecule has 7 heteroatoms. The number of carbonyl (C=O) groups excluding carboxylic acids is 2. The molecule has 0 unspecified atom stereocenters. The summed E-state index contributed by atoms with van der Waals surface area (Å²) in [6.07, 6.45) is 0.239. The molecule has 3 aromatic rings. The van der Waals surface area contributed by atoms with Crippen molar-refractivity contribution in [1.82, 2.24) is 10.6 Å². The number of carbonyl (C=O) groups is 2. The first-order chi connectivity index (χ1) is 16.2. The van der Waals surface area contributed by atoms with Crippen molar-refractivity contribution in [3.8, 4) is 11.5 Å². The van der Waals surface area contributed by atoms with Crippen LogP contribution in [0, 0.1) is 0 Å². The molecule has 2 aliphatic heterocycles. The van der Waals surface area contributed by atoms with E-state index in [1.54, 1.807) is 4.90 Å². The van der Waals surface area contributed by atoms with Gasteiger partial charge in [0.1, 0.15) is 13.2 Å². The molecule has 0 radical (unpaired) electrons. The normalized spacial score (nSPS) is 17.2. The van der Waals surface area contributed by atoms with Crippen LogP contribution in [0.2, 0.25) is 0 Å². The monoisotopic (exact) mass is 443 g/mol. The minimum absolute atomic E-state index is 0.0420. The fourth-order valence-electron chi connectivity index (χ4n) is 4.26. The Kier molecular flexibility index (Phi) is 5.85. The first-order valence-corrected chi connectivity index (χ1v) is 11.0. The molecule has 0 spiro atoms. The molecule has 33 heavy (non-hydrogen) atoms. The van der Waals surface area contributed by atoms with E-state index >= 15 is 0 Å². The van der Waals surface area contributed by atoms with Crippen LogP contribution in [0.1, 0.15) is 23.6 Å². The lowest BCUT2D eigenvalue weighted by molar-refractivity contribution is -0.117. The van der Waals surface area contributed by atoms with Crippen molar-refractivity contribution in [2.75, 3.05) is 24.7 Å². The zero-order valence-corrected chi connectivity index (χ0v) is 18.1. The predicted octanol–water partition coefficient (Wildman–Crippen LogP) is 3.65. The SMILES string of the molecule is O=C(NC(c1ccccc1)c1ccccc1)N[C@@H]1CC(=O)N(c2ccc3c(c2)OCCO3)C1. The number of anilines is 1. The van der Waals surface area contributed by atoms with E-state index in [0.29, 0.717) is 31.3 Å². The summed E-state index contributed by atoms with van der Waals surface area (Å²) in [5.41, 5.74) is 2.71. The lowest BCUT2D eigenvalue weighted by atomic mass is 9.99. The fourth-order valence-corrected chi connectivity index (χ4v) is 4.26. The Morgan fingerprint density at radius 2 is 1.52 bits per heavy atom. The maximum atomic E-state index is 12.9. The van der Waals surface area contributed by atoms with Crippen LogP contribution < -0.4 is 25.0 Å². The van der Waals surface area contributed by atoms with E-state index in [1.807, 2.05) is 78.9 Å². The van der Waals surface area contributed by atoms with Crippen molar-refractivity contribution in [3.05, 3.63) is 90.0 Å². The van der Waals surface area contributed by atoms with E-state index < -0.39 is 0 Å². The zero-order valence-electron chi connectivity index (χ0n) is 18.1. The number of urea groups is 1. The second-order valence-electron chi connectivity index (χ2n) is 8.11. The zero-order chi connectivity index (χ0) is 22.6. The van der Waals surface area contributed by atoms with Crippen molar-refractivity contribution in [2.45, 2.75) is 18.5 Å². The van der Waals surface area contributed by atoms with Crippen LogP contribution in [0.25, 0.3) is 0 Å². The molecule has 0 bridgehead atoms. The second kappa shape index (κ2) is 9.24. The Balaban J connectivity index is 1.26. The largest absolute Gasteiger partial charge is 0.486 e. The molecule has 7 nitrogen and oxygen atoms in total. The van der Waals surface area contributed by atoms with E-state index in [-0.39, 0.29) is 30.4 Å². The Bertz CT molecular complexity index is 1100. The summed E-state index contributed by atoms with van der Waals surface area (Å²) in [5.74, 6) is 1.27. The number of hydrogen-bond donors (Lipinski definition) is 2. The number of nitrogens with zero attached hydrogens (tertiary/aromatic N) is 1. The van der Waals surface area contributed by atoms with Crippen LogP contribution in [0.15, 0.2) is 78.9 Å². The molecule has 5 rings (SSSR count). The molecule has 1 saturated heterocycles. The second-order valence-corrected chi connectivity index (χ2v) is 8.11. The highest BCUT2D eigenvalue weighted by atomic mass is 16.6. The van der Waals surface area contributed by atoms with Gasteiger partial charge in [0.15, 0.2) is 11.5 Å². The van der Waals surface area contributed by atoms with Gasteiger partial charge < -0.3 is 25.0 Å². The van der Waals surface area contributed by atoms with Gasteiger partial charge in [0.2, 0.25) is 5.91 Å². The van der Waals surface area contributed by atoms with Crippen LogP contribution in [0.5, 0.6) is 11.5 Å². The van der Waals surface area contributed by atoms with E-state index in [1.165, 1.54) is 0 Å². The molecule has 1 atom stereocenters. The topological polar surface area (TPSA) is 79.9 Å². The number of nitrogens with one attached hydrogen (secondary N) is 2. The highest BCUT2D eigenvalue weighted by molar-refractivity contribution is 5.97. The summed E-state index contributed by atoms with van der Waals surface area (Å²) in [5, 5.41) is 6.04. The van der Waals surface area contributed by atoms with Gasteiger partial charge in [0, 0.05) is 24.7 Å². The number of ether oxygens (including phenoxy) is 2. The van der Waals surface area contributed by atoms with Crippen molar-refractivity contribution in [2.24, 2.45) is 0 Å². The van der Waals surface area contributed by atoms with Crippen LogP contribution in [-0.2, 0) is 4.79 Å². The van der Waals surface area contributed by atoms with Gasteiger partial charge in [-0.1, -0.05) is 60.7 Å². The van der Waals surface area contributed by atoms with Gasteiger partial charge in [-0.2, -0.15) is 0 Å². The summed E-state index contributed by atoms with van der Waals surface area (Å²) in [7, 11) is 0. The average molecular weight is 444 g/mol. The van der Waals surface area contributed by atoms with Crippen molar-refractivity contribution >= 4 is 17.6 Å². The molecule has 2 heterocycles. The van der Waals surface area contributed by atoms with Gasteiger partial charge in [0.05, 0.1) is 12.1 Å². The summed E-state index contributed by atoms with van der Waals surface area (Å²) in [4.78, 5) is 27.3. The Morgan fingerprint density at radius 1 is 0.879 bits per heavy atom. The summed E-state index contributed by atoms with van der Waals surface area (Å²) in [6, 6.07) is 24.2. The average Bonchev–Trinajstić information content (AvgIpc) is 3.23. The molecule has 1 fully saturated rings. The molecule has 0 aromatic heterocycles.